The Bertz CT molecular complexity index is 983. The number of nitrogens with zero attached hydrogens (tertiary/aromatic N) is 2. The van der Waals surface area contributed by atoms with Crippen LogP contribution in [0.3, 0.4) is 0 Å². The standard InChI is InChI=1S/C22H14F2N2/c1-13-19(17-7-3-15(11-25)4-8-17)21(23)14(2)22(24)20(13)18-9-5-16(12-26)6-10-18/h3-10H,1-2H3. The molecule has 0 N–H and O–H groups in total. The van der Waals surface area contributed by atoms with Gasteiger partial charge < -0.3 is 0 Å². The number of hydrogen-bond acceptors (Lipinski definition) is 2. The minimum absolute atomic E-state index is 0.0608. The summed E-state index contributed by atoms with van der Waals surface area (Å²) in [5.41, 5.74) is 3.14. The lowest BCUT2D eigenvalue weighted by atomic mass is 9.89. The van der Waals surface area contributed by atoms with Crippen LogP contribution in [0.15, 0.2) is 48.5 Å². The first kappa shape index (κ1) is 17.3. The average molecular weight is 344 g/mol. The lowest BCUT2D eigenvalue weighted by Crippen LogP contribution is -2.01. The zero-order valence-corrected chi connectivity index (χ0v) is 14.3. The zero-order chi connectivity index (χ0) is 18.8. The third kappa shape index (κ3) is 2.83. The fourth-order valence-corrected chi connectivity index (χ4v) is 3.03. The highest BCUT2D eigenvalue weighted by molar-refractivity contribution is 5.80. The molecular weight excluding hydrogens is 330 g/mol. The van der Waals surface area contributed by atoms with Crippen molar-refractivity contribution in [3.63, 3.8) is 0 Å². The van der Waals surface area contributed by atoms with Gasteiger partial charge in [-0.25, -0.2) is 8.78 Å². The highest BCUT2D eigenvalue weighted by atomic mass is 19.1. The molecule has 4 heteroatoms. The van der Waals surface area contributed by atoms with Crippen LogP contribution in [0.5, 0.6) is 0 Å². The van der Waals surface area contributed by atoms with Crippen LogP contribution < -0.4 is 0 Å². The molecule has 3 rings (SSSR count). The summed E-state index contributed by atoms with van der Waals surface area (Å²) < 4.78 is 29.7. The highest BCUT2D eigenvalue weighted by Crippen LogP contribution is 2.38. The van der Waals surface area contributed by atoms with Crippen molar-refractivity contribution < 1.29 is 8.78 Å². The van der Waals surface area contributed by atoms with Crippen molar-refractivity contribution in [2.45, 2.75) is 13.8 Å². The lowest BCUT2D eigenvalue weighted by Gasteiger charge is -2.17. The molecule has 3 aromatic carbocycles. The Morgan fingerprint density at radius 3 is 1.27 bits per heavy atom. The molecule has 0 aliphatic heterocycles. The maximum absolute atomic E-state index is 14.9. The molecular formula is C22H14F2N2. The smallest absolute Gasteiger partial charge is 0.137 e. The van der Waals surface area contributed by atoms with Gasteiger partial charge in [-0.3, -0.25) is 0 Å². The van der Waals surface area contributed by atoms with E-state index in [1.165, 1.54) is 6.92 Å². The molecule has 0 saturated carbocycles. The Hall–Kier alpha value is -3.50. The molecule has 2 nitrogen and oxygen atoms in total. The van der Waals surface area contributed by atoms with Gasteiger partial charge in [0.1, 0.15) is 11.6 Å². The van der Waals surface area contributed by atoms with E-state index < -0.39 is 11.6 Å². The third-order valence-electron chi connectivity index (χ3n) is 4.45. The van der Waals surface area contributed by atoms with Crippen molar-refractivity contribution in [3.05, 3.63) is 82.4 Å². The highest BCUT2D eigenvalue weighted by Gasteiger charge is 2.22. The van der Waals surface area contributed by atoms with Gasteiger partial charge >= 0.3 is 0 Å². The largest absolute Gasteiger partial charge is 0.206 e. The number of hydrogen-bond donors (Lipinski definition) is 0. The SMILES string of the molecule is Cc1c(F)c(-c2ccc(C#N)cc2)c(C)c(-c2ccc(C#N)cc2)c1F. The van der Waals surface area contributed by atoms with E-state index in [9.17, 15) is 8.78 Å². The summed E-state index contributed by atoms with van der Waals surface area (Å²) >= 11 is 0. The Morgan fingerprint density at radius 2 is 0.962 bits per heavy atom. The first-order valence-corrected chi connectivity index (χ1v) is 7.97. The quantitative estimate of drug-likeness (QED) is 0.602. The second-order valence-corrected chi connectivity index (χ2v) is 6.01. The molecule has 0 radical (unpaired) electrons. The molecule has 126 valence electrons. The Kier molecular flexibility index (Phi) is 4.52. The molecule has 0 aromatic heterocycles. The van der Waals surface area contributed by atoms with E-state index in [-0.39, 0.29) is 5.56 Å². The van der Waals surface area contributed by atoms with Crippen molar-refractivity contribution in [1.29, 1.82) is 10.5 Å². The van der Waals surface area contributed by atoms with Crippen LogP contribution >= 0.6 is 0 Å². The van der Waals surface area contributed by atoms with Gasteiger partial charge in [-0.05, 0) is 54.8 Å². The van der Waals surface area contributed by atoms with Crippen LogP contribution in [0.1, 0.15) is 22.3 Å². The van der Waals surface area contributed by atoms with Crippen molar-refractivity contribution in [2.24, 2.45) is 0 Å². The number of rotatable bonds is 2. The Morgan fingerprint density at radius 1 is 0.615 bits per heavy atom. The second kappa shape index (κ2) is 6.78. The molecule has 0 aliphatic rings. The molecule has 0 unspecified atom stereocenters. The van der Waals surface area contributed by atoms with Crippen LogP contribution in [0.25, 0.3) is 22.3 Å². The van der Waals surface area contributed by atoms with Gasteiger partial charge in [0.25, 0.3) is 0 Å². The summed E-state index contributed by atoms with van der Waals surface area (Å²) in [6, 6.07) is 17.1. The van der Waals surface area contributed by atoms with Gasteiger partial charge in [-0.1, -0.05) is 24.3 Å². The van der Waals surface area contributed by atoms with E-state index in [4.69, 9.17) is 10.5 Å². The van der Waals surface area contributed by atoms with Gasteiger partial charge in [-0.15, -0.1) is 0 Å². The summed E-state index contributed by atoms with van der Waals surface area (Å²) in [6.07, 6.45) is 0. The van der Waals surface area contributed by atoms with E-state index in [0.717, 1.165) is 0 Å². The van der Waals surface area contributed by atoms with Gasteiger partial charge in [0.15, 0.2) is 0 Å². The number of nitriles is 2. The molecule has 0 saturated heterocycles. The van der Waals surface area contributed by atoms with Gasteiger partial charge in [0.05, 0.1) is 23.3 Å². The fraction of sp³-hybridized carbons (Fsp3) is 0.0909. The molecule has 0 atom stereocenters. The second-order valence-electron chi connectivity index (χ2n) is 6.01. The minimum Gasteiger partial charge on any atom is -0.206 e. The topological polar surface area (TPSA) is 47.6 Å². The van der Waals surface area contributed by atoms with Crippen molar-refractivity contribution in [3.8, 4) is 34.4 Å². The van der Waals surface area contributed by atoms with E-state index in [1.54, 1.807) is 55.5 Å². The van der Waals surface area contributed by atoms with Crippen molar-refractivity contribution in [2.75, 3.05) is 0 Å². The van der Waals surface area contributed by atoms with Crippen LogP contribution in [0.4, 0.5) is 8.78 Å². The number of benzene rings is 3. The van der Waals surface area contributed by atoms with Crippen LogP contribution in [-0.2, 0) is 0 Å². The van der Waals surface area contributed by atoms with E-state index in [2.05, 4.69) is 0 Å². The third-order valence-corrected chi connectivity index (χ3v) is 4.45. The van der Waals surface area contributed by atoms with E-state index in [1.807, 2.05) is 12.1 Å². The van der Waals surface area contributed by atoms with E-state index in [0.29, 0.717) is 38.9 Å². The summed E-state index contributed by atoms with van der Waals surface area (Å²) in [4.78, 5) is 0. The molecule has 0 spiro atoms. The lowest BCUT2D eigenvalue weighted by molar-refractivity contribution is 0.571. The van der Waals surface area contributed by atoms with Gasteiger partial charge in [-0.2, -0.15) is 10.5 Å². The summed E-state index contributed by atoms with van der Waals surface area (Å²) in [5.74, 6) is -1.22. The summed E-state index contributed by atoms with van der Waals surface area (Å²) in [5, 5.41) is 17.9. The Balaban J connectivity index is 2.27. The average Bonchev–Trinajstić information content (AvgIpc) is 2.67. The summed E-state index contributed by atoms with van der Waals surface area (Å²) in [7, 11) is 0. The predicted octanol–water partition coefficient (Wildman–Crippen LogP) is 5.66. The predicted molar refractivity (Wildman–Crippen MR) is 96.1 cm³/mol. The maximum atomic E-state index is 14.9. The molecule has 0 heterocycles. The van der Waals surface area contributed by atoms with Gasteiger partial charge in [0, 0.05) is 16.7 Å². The summed E-state index contributed by atoms with van der Waals surface area (Å²) in [6.45, 7) is 3.08. The van der Waals surface area contributed by atoms with Crippen LogP contribution in [-0.4, -0.2) is 0 Å². The van der Waals surface area contributed by atoms with Crippen molar-refractivity contribution in [1.82, 2.24) is 0 Å². The molecule has 26 heavy (non-hydrogen) atoms. The van der Waals surface area contributed by atoms with E-state index >= 15 is 0 Å². The maximum Gasteiger partial charge on any atom is 0.137 e. The van der Waals surface area contributed by atoms with Gasteiger partial charge in [0.2, 0.25) is 0 Å². The molecule has 0 fully saturated rings. The van der Waals surface area contributed by atoms with Crippen LogP contribution in [0.2, 0.25) is 0 Å². The Labute approximate surface area is 150 Å². The first-order chi connectivity index (χ1) is 12.5. The molecule has 0 aliphatic carbocycles. The molecule has 0 amide bonds. The monoisotopic (exact) mass is 344 g/mol. The molecule has 0 bridgehead atoms. The molecule has 3 aromatic rings. The van der Waals surface area contributed by atoms with Crippen LogP contribution in [0, 0.1) is 48.1 Å². The first-order valence-electron chi connectivity index (χ1n) is 7.97. The zero-order valence-electron chi connectivity index (χ0n) is 14.3. The normalized spacial score (nSPS) is 10.2. The minimum atomic E-state index is -0.609. The number of halogens is 2. The fourth-order valence-electron chi connectivity index (χ4n) is 3.03. The van der Waals surface area contributed by atoms with Crippen molar-refractivity contribution >= 4 is 0 Å².